The van der Waals surface area contributed by atoms with E-state index < -0.39 is 45.0 Å². The van der Waals surface area contributed by atoms with Gasteiger partial charge in [0.15, 0.2) is 0 Å². The third kappa shape index (κ3) is 4.04. The summed E-state index contributed by atoms with van der Waals surface area (Å²) in [6.45, 7) is 1.94. The van der Waals surface area contributed by atoms with Crippen LogP contribution in [0.4, 0.5) is 23.8 Å². The molecule has 13 heteroatoms. The fraction of sp³-hybridized carbons (Fsp3) is 0.533. The van der Waals surface area contributed by atoms with Crippen LogP contribution >= 0.6 is 0 Å². The first-order valence-electron chi connectivity index (χ1n) is 8.30. The van der Waals surface area contributed by atoms with Crippen molar-refractivity contribution in [2.45, 2.75) is 18.6 Å². The summed E-state index contributed by atoms with van der Waals surface area (Å²) in [4.78, 5) is 28.6. The number of sulfonamides is 1. The summed E-state index contributed by atoms with van der Waals surface area (Å²) in [6, 6.07) is 1.42. The van der Waals surface area contributed by atoms with Crippen molar-refractivity contribution < 1.29 is 31.2 Å². The van der Waals surface area contributed by atoms with Crippen molar-refractivity contribution in [1.29, 1.82) is 0 Å². The third-order valence-electron chi connectivity index (χ3n) is 4.62. The molecule has 2 aliphatic rings. The van der Waals surface area contributed by atoms with Gasteiger partial charge in [0.1, 0.15) is 11.4 Å². The lowest BCUT2D eigenvalue weighted by Gasteiger charge is -2.35. The Morgan fingerprint density at radius 1 is 1.18 bits per heavy atom. The van der Waals surface area contributed by atoms with Crippen LogP contribution in [0, 0.1) is 0 Å². The molecule has 1 unspecified atom stereocenters. The standard InChI is InChI=1S/C15H18F3N5O4S/c1-14(12(24)20-13(25)21-14)9-28(26,27)23-6-4-22(5-7-23)11-3-2-10(8-19-11)15(16,17)18/h2-3,8H,4-7,9H2,1H3,(H2,20,21,24,25). The first-order chi connectivity index (χ1) is 12.9. The van der Waals surface area contributed by atoms with Gasteiger partial charge in [0.05, 0.1) is 11.3 Å². The summed E-state index contributed by atoms with van der Waals surface area (Å²) in [6.07, 6.45) is -3.74. The second kappa shape index (κ2) is 6.88. The zero-order valence-electron chi connectivity index (χ0n) is 14.8. The molecule has 1 aromatic rings. The number of alkyl halides is 3. The van der Waals surface area contributed by atoms with Gasteiger partial charge < -0.3 is 10.2 Å². The van der Waals surface area contributed by atoms with E-state index in [0.29, 0.717) is 5.82 Å². The fourth-order valence-electron chi connectivity index (χ4n) is 3.07. The number of nitrogens with one attached hydrogen (secondary N) is 2. The molecule has 1 aromatic heterocycles. The van der Waals surface area contributed by atoms with Crippen LogP contribution in [-0.4, -0.2) is 67.1 Å². The summed E-state index contributed by atoms with van der Waals surface area (Å²) < 4.78 is 64.3. The van der Waals surface area contributed by atoms with Gasteiger partial charge in [0, 0.05) is 32.4 Å². The summed E-state index contributed by atoms with van der Waals surface area (Å²) in [7, 11) is -3.85. The maximum absolute atomic E-state index is 12.6. The van der Waals surface area contributed by atoms with Gasteiger partial charge in [-0.25, -0.2) is 18.2 Å². The Labute approximate surface area is 158 Å². The predicted octanol–water partition coefficient (Wildman–Crippen LogP) is 0.150. The lowest BCUT2D eigenvalue weighted by molar-refractivity contribution is -0.137. The van der Waals surface area contributed by atoms with Gasteiger partial charge in [-0.15, -0.1) is 0 Å². The highest BCUT2D eigenvalue weighted by Gasteiger charge is 2.46. The van der Waals surface area contributed by atoms with E-state index in [1.54, 1.807) is 4.90 Å². The molecule has 154 valence electrons. The number of carbonyl (C=O) groups is 2. The van der Waals surface area contributed by atoms with Crippen LogP contribution in [0.2, 0.25) is 0 Å². The Kier molecular flexibility index (Phi) is 5.00. The largest absolute Gasteiger partial charge is 0.417 e. The second-order valence-electron chi connectivity index (χ2n) is 6.79. The van der Waals surface area contributed by atoms with E-state index in [1.807, 2.05) is 5.32 Å². The highest BCUT2D eigenvalue weighted by molar-refractivity contribution is 7.89. The molecule has 2 aliphatic heterocycles. The number of rotatable bonds is 4. The number of urea groups is 1. The van der Waals surface area contributed by atoms with Crippen LogP contribution in [0.3, 0.4) is 0 Å². The lowest BCUT2D eigenvalue weighted by Crippen LogP contribution is -2.55. The number of halogens is 3. The number of aromatic nitrogens is 1. The van der Waals surface area contributed by atoms with E-state index in [0.717, 1.165) is 12.3 Å². The summed E-state index contributed by atoms with van der Waals surface area (Å²) in [5.41, 5.74) is -2.41. The van der Waals surface area contributed by atoms with E-state index in [-0.39, 0.29) is 26.2 Å². The fourth-order valence-corrected chi connectivity index (χ4v) is 4.91. The molecule has 0 bridgehead atoms. The van der Waals surface area contributed by atoms with Crippen LogP contribution in [0.1, 0.15) is 12.5 Å². The number of hydrogen-bond acceptors (Lipinski definition) is 6. The Bertz CT molecular complexity index is 882. The monoisotopic (exact) mass is 421 g/mol. The molecule has 0 aliphatic carbocycles. The molecule has 0 radical (unpaired) electrons. The number of hydrogen-bond donors (Lipinski definition) is 2. The number of amides is 3. The van der Waals surface area contributed by atoms with Gasteiger partial charge in [0.25, 0.3) is 5.91 Å². The molecule has 9 nitrogen and oxygen atoms in total. The third-order valence-corrected chi connectivity index (χ3v) is 6.71. The summed E-state index contributed by atoms with van der Waals surface area (Å²) in [5, 5.41) is 4.32. The van der Waals surface area contributed by atoms with Crippen LogP contribution in [-0.2, 0) is 21.0 Å². The van der Waals surface area contributed by atoms with Gasteiger partial charge in [-0.1, -0.05) is 0 Å². The van der Waals surface area contributed by atoms with Crippen molar-refractivity contribution in [3.05, 3.63) is 23.9 Å². The highest BCUT2D eigenvalue weighted by Crippen LogP contribution is 2.29. The molecule has 3 amide bonds. The quantitative estimate of drug-likeness (QED) is 0.670. The highest BCUT2D eigenvalue weighted by atomic mass is 32.2. The second-order valence-corrected chi connectivity index (χ2v) is 8.75. The van der Waals surface area contributed by atoms with Crippen LogP contribution in [0.25, 0.3) is 0 Å². The number of pyridine rings is 1. The lowest BCUT2D eigenvalue weighted by atomic mass is 10.1. The first-order valence-corrected chi connectivity index (χ1v) is 9.91. The van der Waals surface area contributed by atoms with Crippen molar-refractivity contribution in [2.75, 3.05) is 36.8 Å². The van der Waals surface area contributed by atoms with E-state index in [4.69, 9.17) is 0 Å². The molecule has 2 saturated heterocycles. The van der Waals surface area contributed by atoms with Crippen LogP contribution in [0.5, 0.6) is 0 Å². The van der Waals surface area contributed by atoms with Gasteiger partial charge in [-0.2, -0.15) is 17.5 Å². The average molecular weight is 421 g/mol. The maximum Gasteiger partial charge on any atom is 0.417 e. The molecule has 28 heavy (non-hydrogen) atoms. The van der Waals surface area contributed by atoms with Crippen molar-refractivity contribution in [3.63, 3.8) is 0 Å². The predicted molar refractivity (Wildman–Crippen MR) is 91.9 cm³/mol. The molecule has 1 atom stereocenters. The van der Waals surface area contributed by atoms with E-state index in [1.165, 1.54) is 17.3 Å². The van der Waals surface area contributed by atoms with E-state index in [9.17, 15) is 31.2 Å². The van der Waals surface area contributed by atoms with Crippen LogP contribution < -0.4 is 15.5 Å². The minimum atomic E-state index is -4.48. The van der Waals surface area contributed by atoms with Crippen molar-refractivity contribution in [2.24, 2.45) is 0 Å². The Morgan fingerprint density at radius 3 is 2.29 bits per heavy atom. The number of carbonyl (C=O) groups excluding carboxylic acids is 2. The zero-order valence-corrected chi connectivity index (χ0v) is 15.6. The van der Waals surface area contributed by atoms with Gasteiger partial charge in [0.2, 0.25) is 10.0 Å². The maximum atomic E-state index is 12.6. The van der Waals surface area contributed by atoms with Crippen molar-refractivity contribution in [1.82, 2.24) is 19.9 Å². The zero-order chi connectivity index (χ0) is 20.7. The average Bonchev–Trinajstić information content (AvgIpc) is 2.85. The molecule has 2 N–H and O–H groups in total. The van der Waals surface area contributed by atoms with E-state index >= 15 is 0 Å². The smallest absolute Gasteiger partial charge is 0.354 e. The van der Waals surface area contributed by atoms with Crippen molar-refractivity contribution in [3.8, 4) is 0 Å². The molecular formula is C15H18F3N5O4S. The SMILES string of the molecule is CC1(CS(=O)(=O)N2CCN(c3ccc(C(F)(F)F)cn3)CC2)NC(=O)NC1=O. The molecule has 3 heterocycles. The number of piperazine rings is 1. The summed E-state index contributed by atoms with van der Waals surface area (Å²) in [5.74, 6) is -0.982. The number of nitrogens with zero attached hydrogens (tertiary/aromatic N) is 3. The Balaban J connectivity index is 1.63. The number of anilines is 1. The molecule has 3 rings (SSSR count). The summed E-state index contributed by atoms with van der Waals surface area (Å²) >= 11 is 0. The molecule has 0 aromatic carbocycles. The Morgan fingerprint density at radius 2 is 1.82 bits per heavy atom. The molecule has 0 saturated carbocycles. The first kappa shape index (κ1) is 20.3. The van der Waals surface area contributed by atoms with Crippen molar-refractivity contribution >= 4 is 27.8 Å². The van der Waals surface area contributed by atoms with Crippen LogP contribution in [0.15, 0.2) is 18.3 Å². The molecular weight excluding hydrogens is 403 g/mol. The van der Waals surface area contributed by atoms with Gasteiger partial charge in [-0.05, 0) is 19.1 Å². The van der Waals surface area contributed by atoms with Gasteiger partial charge >= 0.3 is 12.2 Å². The van der Waals surface area contributed by atoms with Gasteiger partial charge in [-0.3, -0.25) is 10.1 Å². The number of imide groups is 1. The normalized spacial score (nSPS) is 24.2. The topological polar surface area (TPSA) is 112 Å². The molecule has 0 spiro atoms. The molecule has 2 fully saturated rings. The van der Waals surface area contributed by atoms with E-state index in [2.05, 4.69) is 10.3 Å². The minimum absolute atomic E-state index is 0.0800. The Hall–Kier alpha value is -2.41. The minimum Gasteiger partial charge on any atom is -0.354 e.